The Morgan fingerprint density at radius 2 is 2.17 bits per heavy atom. The summed E-state index contributed by atoms with van der Waals surface area (Å²) in [6, 6.07) is 6.51. The molecule has 18 heavy (non-hydrogen) atoms. The molecule has 0 saturated heterocycles. The topological polar surface area (TPSA) is 43.8 Å². The molecule has 0 bridgehead atoms. The molecule has 1 aromatic carbocycles. The van der Waals surface area contributed by atoms with Gasteiger partial charge in [0.05, 0.1) is 6.20 Å². The van der Waals surface area contributed by atoms with E-state index in [1.807, 2.05) is 24.1 Å². The predicted molar refractivity (Wildman–Crippen MR) is 76.8 cm³/mol. The Balaban J connectivity index is 2.03. The lowest BCUT2D eigenvalue weighted by Crippen LogP contribution is -2.14. The highest BCUT2D eigenvalue weighted by molar-refractivity contribution is 7.99. The minimum atomic E-state index is 0.0649. The average Bonchev–Trinajstić information content (AvgIpc) is 2.75. The Bertz CT molecular complexity index is 534. The molecule has 0 aliphatic heterocycles. The first-order chi connectivity index (χ1) is 8.56. The van der Waals surface area contributed by atoms with Gasteiger partial charge in [0.2, 0.25) is 0 Å². The summed E-state index contributed by atoms with van der Waals surface area (Å²) in [7, 11) is 1.93. The zero-order valence-corrected chi connectivity index (χ0v) is 11.9. The number of aromatic nitrogens is 2. The summed E-state index contributed by atoms with van der Waals surface area (Å²) in [5.74, 6) is 0.871. The lowest BCUT2D eigenvalue weighted by Gasteiger charge is -2.14. The molecule has 0 fully saturated rings. The number of thioether (sulfide) groups is 1. The summed E-state index contributed by atoms with van der Waals surface area (Å²) >= 11 is 1.75. The van der Waals surface area contributed by atoms with Crippen LogP contribution in [-0.4, -0.2) is 15.5 Å². The van der Waals surface area contributed by atoms with E-state index < -0.39 is 0 Å². The first kappa shape index (κ1) is 13.2. The van der Waals surface area contributed by atoms with Crippen LogP contribution in [0.25, 0.3) is 0 Å². The number of hydrogen-bond acceptors (Lipinski definition) is 3. The largest absolute Gasteiger partial charge is 0.323 e. The molecule has 3 nitrogen and oxygen atoms in total. The molecule has 1 aromatic heterocycles. The highest BCUT2D eigenvalue weighted by Crippen LogP contribution is 2.25. The predicted octanol–water partition coefficient (Wildman–Crippen LogP) is 2.83. The fourth-order valence-electron chi connectivity index (χ4n) is 1.91. The molecule has 2 aromatic rings. The number of aryl methyl sites for hydroxylation is 3. The Kier molecular flexibility index (Phi) is 4.09. The van der Waals surface area contributed by atoms with Crippen LogP contribution in [-0.2, 0) is 7.05 Å². The van der Waals surface area contributed by atoms with Crippen molar-refractivity contribution in [3.63, 3.8) is 0 Å². The number of benzene rings is 1. The molecule has 0 radical (unpaired) electrons. The molecular weight excluding hydrogens is 242 g/mol. The summed E-state index contributed by atoms with van der Waals surface area (Å²) in [5, 5.41) is 4.15. The Morgan fingerprint density at radius 1 is 1.39 bits per heavy atom. The molecule has 0 saturated carbocycles. The van der Waals surface area contributed by atoms with Gasteiger partial charge in [0.25, 0.3) is 0 Å². The SMILES string of the molecule is Cc1ccc(C)c(C(N)CSc2cnn(C)c2)c1. The highest BCUT2D eigenvalue weighted by Gasteiger charge is 2.10. The van der Waals surface area contributed by atoms with Gasteiger partial charge in [-0.2, -0.15) is 5.10 Å². The summed E-state index contributed by atoms with van der Waals surface area (Å²) in [4.78, 5) is 1.17. The van der Waals surface area contributed by atoms with Crippen LogP contribution in [0.1, 0.15) is 22.7 Å². The van der Waals surface area contributed by atoms with Gasteiger partial charge in [-0.15, -0.1) is 11.8 Å². The Labute approximate surface area is 112 Å². The standard InChI is InChI=1S/C14H19N3S/c1-10-4-5-11(2)13(6-10)14(15)9-18-12-7-16-17(3)8-12/h4-8,14H,9,15H2,1-3H3. The van der Waals surface area contributed by atoms with Crippen LogP contribution in [0.15, 0.2) is 35.5 Å². The van der Waals surface area contributed by atoms with Crippen LogP contribution < -0.4 is 5.73 Å². The van der Waals surface area contributed by atoms with Crippen LogP contribution in [0.4, 0.5) is 0 Å². The van der Waals surface area contributed by atoms with Crippen molar-refractivity contribution < 1.29 is 0 Å². The second kappa shape index (κ2) is 5.59. The maximum Gasteiger partial charge on any atom is 0.0625 e. The van der Waals surface area contributed by atoms with Gasteiger partial charge >= 0.3 is 0 Å². The Morgan fingerprint density at radius 3 is 2.83 bits per heavy atom. The number of rotatable bonds is 4. The monoisotopic (exact) mass is 261 g/mol. The third kappa shape index (κ3) is 3.15. The van der Waals surface area contributed by atoms with Gasteiger partial charge in [-0.05, 0) is 25.0 Å². The number of hydrogen-bond donors (Lipinski definition) is 1. The van der Waals surface area contributed by atoms with E-state index in [0.29, 0.717) is 0 Å². The summed E-state index contributed by atoms with van der Waals surface area (Å²) < 4.78 is 1.81. The van der Waals surface area contributed by atoms with Gasteiger partial charge < -0.3 is 5.73 Å². The smallest absolute Gasteiger partial charge is 0.0625 e. The molecule has 0 aliphatic rings. The van der Waals surface area contributed by atoms with E-state index >= 15 is 0 Å². The first-order valence-corrected chi connectivity index (χ1v) is 6.99. The van der Waals surface area contributed by atoms with Crippen molar-refractivity contribution in [2.24, 2.45) is 12.8 Å². The van der Waals surface area contributed by atoms with Crippen LogP contribution in [0.2, 0.25) is 0 Å². The Hall–Kier alpha value is -1.26. The van der Waals surface area contributed by atoms with Gasteiger partial charge in [-0.3, -0.25) is 4.68 Å². The van der Waals surface area contributed by atoms with Gasteiger partial charge in [-0.25, -0.2) is 0 Å². The molecule has 0 aliphatic carbocycles. The third-order valence-corrected chi connectivity index (χ3v) is 4.01. The normalized spacial score (nSPS) is 12.7. The van der Waals surface area contributed by atoms with Crippen molar-refractivity contribution >= 4 is 11.8 Å². The van der Waals surface area contributed by atoms with Crippen molar-refractivity contribution in [2.75, 3.05) is 5.75 Å². The molecule has 2 N–H and O–H groups in total. The highest BCUT2D eigenvalue weighted by atomic mass is 32.2. The van der Waals surface area contributed by atoms with E-state index in [1.54, 1.807) is 11.8 Å². The van der Waals surface area contributed by atoms with Gasteiger partial charge in [0.1, 0.15) is 0 Å². The van der Waals surface area contributed by atoms with E-state index in [9.17, 15) is 0 Å². The van der Waals surface area contributed by atoms with E-state index in [4.69, 9.17) is 5.73 Å². The minimum Gasteiger partial charge on any atom is -0.323 e. The van der Waals surface area contributed by atoms with Crippen molar-refractivity contribution in [1.29, 1.82) is 0 Å². The van der Waals surface area contributed by atoms with Gasteiger partial charge in [-0.1, -0.05) is 23.8 Å². The molecule has 1 atom stereocenters. The fraction of sp³-hybridized carbons (Fsp3) is 0.357. The lowest BCUT2D eigenvalue weighted by atomic mass is 10.0. The van der Waals surface area contributed by atoms with Crippen molar-refractivity contribution in [3.05, 3.63) is 47.3 Å². The van der Waals surface area contributed by atoms with Crippen molar-refractivity contribution in [2.45, 2.75) is 24.8 Å². The second-order valence-electron chi connectivity index (χ2n) is 4.63. The number of nitrogens with zero attached hydrogens (tertiary/aromatic N) is 2. The summed E-state index contributed by atoms with van der Waals surface area (Å²) in [6.07, 6.45) is 3.89. The molecule has 0 spiro atoms. The third-order valence-electron chi connectivity index (χ3n) is 2.94. The summed E-state index contributed by atoms with van der Waals surface area (Å²) in [6.45, 7) is 4.22. The number of nitrogens with two attached hydrogens (primary N) is 1. The van der Waals surface area contributed by atoms with Crippen molar-refractivity contribution in [3.8, 4) is 0 Å². The fourth-order valence-corrected chi connectivity index (χ4v) is 2.81. The zero-order chi connectivity index (χ0) is 13.1. The van der Waals surface area contributed by atoms with E-state index in [1.165, 1.54) is 21.6 Å². The first-order valence-electron chi connectivity index (χ1n) is 6.00. The van der Waals surface area contributed by atoms with E-state index in [-0.39, 0.29) is 6.04 Å². The molecule has 96 valence electrons. The van der Waals surface area contributed by atoms with Crippen molar-refractivity contribution in [1.82, 2.24) is 9.78 Å². The quantitative estimate of drug-likeness (QED) is 0.861. The van der Waals surface area contributed by atoms with Crippen LogP contribution >= 0.6 is 11.8 Å². The maximum atomic E-state index is 6.27. The van der Waals surface area contributed by atoms with Crippen LogP contribution in [0.3, 0.4) is 0 Å². The van der Waals surface area contributed by atoms with E-state index in [2.05, 4.69) is 37.1 Å². The zero-order valence-electron chi connectivity index (χ0n) is 11.1. The van der Waals surface area contributed by atoms with Crippen LogP contribution in [0, 0.1) is 13.8 Å². The second-order valence-corrected chi connectivity index (χ2v) is 5.72. The molecule has 4 heteroatoms. The van der Waals surface area contributed by atoms with E-state index in [0.717, 1.165) is 5.75 Å². The molecule has 2 rings (SSSR count). The van der Waals surface area contributed by atoms with Gasteiger partial charge in [0, 0.05) is 29.9 Å². The van der Waals surface area contributed by atoms with Gasteiger partial charge in [0.15, 0.2) is 0 Å². The molecule has 0 amide bonds. The average molecular weight is 261 g/mol. The summed E-state index contributed by atoms with van der Waals surface area (Å²) in [5.41, 5.74) is 10.0. The lowest BCUT2D eigenvalue weighted by molar-refractivity contribution is 0.766. The minimum absolute atomic E-state index is 0.0649. The molecular formula is C14H19N3S. The van der Waals surface area contributed by atoms with Crippen LogP contribution in [0.5, 0.6) is 0 Å². The molecule has 1 heterocycles. The maximum absolute atomic E-state index is 6.27. The molecule has 1 unspecified atom stereocenters.